The molecule has 2 aliphatic rings. The van der Waals surface area contributed by atoms with Gasteiger partial charge in [-0.2, -0.15) is 0 Å². The van der Waals surface area contributed by atoms with Crippen molar-refractivity contribution in [2.75, 3.05) is 32.0 Å². The third-order valence-corrected chi connectivity index (χ3v) is 5.86. The number of benzene rings is 2. The van der Waals surface area contributed by atoms with Gasteiger partial charge in [0, 0.05) is 47.8 Å². The van der Waals surface area contributed by atoms with Gasteiger partial charge < -0.3 is 9.74 Å². The fourth-order valence-corrected chi connectivity index (χ4v) is 4.57. The van der Waals surface area contributed by atoms with E-state index in [-0.39, 0.29) is 5.92 Å². The summed E-state index contributed by atoms with van der Waals surface area (Å²) in [6, 6.07) is 11.7. The number of nitrogens with one attached hydrogen (secondary N) is 1. The Hall–Kier alpha value is -1.79. The van der Waals surface area contributed by atoms with Gasteiger partial charge in [0.25, 0.3) is 0 Å². The molecule has 1 fully saturated rings. The van der Waals surface area contributed by atoms with E-state index in [1.807, 2.05) is 24.3 Å². The minimum Gasteiger partial charge on any atom is -0.351 e. The van der Waals surface area contributed by atoms with Crippen LogP contribution in [0.5, 0.6) is 0 Å². The Kier molecular flexibility index (Phi) is 5.78. The summed E-state index contributed by atoms with van der Waals surface area (Å²) in [5.41, 5.74) is 4.07. The zero-order valence-electron chi connectivity index (χ0n) is 15.8. The van der Waals surface area contributed by atoms with Gasteiger partial charge in [0.15, 0.2) is 0 Å². The lowest BCUT2D eigenvalue weighted by atomic mass is 9.84. The number of carbonyl (C=O) groups is 1. The standard InChI is InChI=1S/C21H23Cl2N3O2/c1-25-12-18(17-10-15(22)11-20(23)19(17)13-25)14-5-4-6-16(9-14)24-21(27)28-26-7-2-3-8-26/h4-6,9-11,18H,2-3,7-8,12-13H2,1H3,(H,24,27). The minimum atomic E-state index is -0.452. The molecule has 2 aromatic carbocycles. The van der Waals surface area contributed by atoms with E-state index in [0.717, 1.165) is 55.7 Å². The van der Waals surface area contributed by atoms with Crippen LogP contribution in [0.4, 0.5) is 10.5 Å². The second-order valence-corrected chi connectivity index (χ2v) is 8.31. The molecule has 7 heteroatoms. The van der Waals surface area contributed by atoms with Crippen LogP contribution in [-0.4, -0.2) is 42.7 Å². The molecule has 1 N–H and O–H groups in total. The molecule has 1 atom stereocenters. The van der Waals surface area contributed by atoms with Gasteiger partial charge >= 0.3 is 6.09 Å². The molecule has 1 amide bonds. The highest BCUT2D eigenvalue weighted by Crippen LogP contribution is 2.38. The van der Waals surface area contributed by atoms with Crippen molar-refractivity contribution in [2.24, 2.45) is 0 Å². The maximum atomic E-state index is 12.2. The summed E-state index contributed by atoms with van der Waals surface area (Å²) in [6.07, 6.45) is 1.66. The molecule has 2 heterocycles. The van der Waals surface area contributed by atoms with Gasteiger partial charge in [-0.05, 0) is 60.8 Å². The first-order valence-electron chi connectivity index (χ1n) is 9.50. The van der Waals surface area contributed by atoms with Gasteiger partial charge in [-0.1, -0.05) is 35.3 Å². The smallest absolute Gasteiger partial charge is 0.351 e. The summed E-state index contributed by atoms with van der Waals surface area (Å²) in [7, 11) is 2.08. The van der Waals surface area contributed by atoms with Crippen LogP contribution < -0.4 is 5.32 Å². The second kappa shape index (κ2) is 8.29. The summed E-state index contributed by atoms with van der Waals surface area (Å²) in [5.74, 6) is 0.126. The van der Waals surface area contributed by atoms with Crippen molar-refractivity contribution < 1.29 is 9.63 Å². The van der Waals surface area contributed by atoms with Crippen molar-refractivity contribution >= 4 is 35.0 Å². The quantitative estimate of drug-likeness (QED) is 0.748. The number of rotatable bonds is 3. The zero-order valence-corrected chi connectivity index (χ0v) is 17.3. The lowest BCUT2D eigenvalue weighted by molar-refractivity contribution is -0.0738. The van der Waals surface area contributed by atoms with E-state index < -0.39 is 6.09 Å². The number of hydroxylamine groups is 2. The molecule has 28 heavy (non-hydrogen) atoms. The molecular weight excluding hydrogens is 397 g/mol. The van der Waals surface area contributed by atoms with Crippen LogP contribution >= 0.6 is 23.2 Å². The van der Waals surface area contributed by atoms with Crippen molar-refractivity contribution in [1.82, 2.24) is 9.96 Å². The van der Waals surface area contributed by atoms with Crippen LogP contribution in [0.15, 0.2) is 36.4 Å². The Labute approximate surface area is 175 Å². The SMILES string of the molecule is CN1Cc2c(Cl)cc(Cl)cc2C(c2cccc(NC(=O)ON3CCCC3)c2)C1. The number of halogens is 2. The van der Waals surface area contributed by atoms with Crippen molar-refractivity contribution in [3.8, 4) is 0 Å². The average molecular weight is 420 g/mol. The summed E-state index contributed by atoms with van der Waals surface area (Å²) in [6.45, 7) is 3.23. The van der Waals surface area contributed by atoms with Crippen molar-refractivity contribution in [2.45, 2.75) is 25.3 Å². The molecule has 2 aliphatic heterocycles. The zero-order chi connectivity index (χ0) is 19.7. The predicted molar refractivity (Wildman–Crippen MR) is 112 cm³/mol. The molecule has 0 aliphatic carbocycles. The fourth-order valence-electron chi connectivity index (χ4n) is 4.00. The molecule has 0 spiro atoms. The maximum Gasteiger partial charge on any atom is 0.430 e. The molecule has 1 saturated heterocycles. The number of nitrogens with zero attached hydrogens (tertiary/aromatic N) is 2. The molecule has 148 valence electrons. The van der Waals surface area contributed by atoms with Crippen molar-refractivity contribution in [3.63, 3.8) is 0 Å². The van der Waals surface area contributed by atoms with Gasteiger partial charge in [-0.3, -0.25) is 5.32 Å². The van der Waals surface area contributed by atoms with Crippen LogP contribution in [0, 0.1) is 0 Å². The van der Waals surface area contributed by atoms with E-state index in [1.165, 1.54) is 0 Å². The van der Waals surface area contributed by atoms with E-state index in [0.29, 0.717) is 15.7 Å². The van der Waals surface area contributed by atoms with E-state index in [9.17, 15) is 4.79 Å². The van der Waals surface area contributed by atoms with Crippen molar-refractivity contribution in [3.05, 3.63) is 63.1 Å². The largest absolute Gasteiger partial charge is 0.430 e. The predicted octanol–water partition coefficient (Wildman–Crippen LogP) is 5.13. The molecule has 0 bridgehead atoms. The van der Waals surface area contributed by atoms with Crippen LogP contribution in [0.3, 0.4) is 0 Å². The summed E-state index contributed by atoms with van der Waals surface area (Å²) < 4.78 is 0. The second-order valence-electron chi connectivity index (χ2n) is 7.47. The highest BCUT2D eigenvalue weighted by molar-refractivity contribution is 6.35. The molecule has 0 radical (unpaired) electrons. The molecule has 0 aromatic heterocycles. The monoisotopic (exact) mass is 419 g/mol. The Morgan fingerprint density at radius 3 is 2.75 bits per heavy atom. The molecular formula is C21H23Cl2N3O2. The lowest BCUT2D eigenvalue weighted by Gasteiger charge is -2.33. The fraction of sp³-hybridized carbons (Fsp3) is 0.381. The summed E-state index contributed by atoms with van der Waals surface area (Å²) >= 11 is 12.7. The van der Waals surface area contributed by atoms with E-state index in [2.05, 4.69) is 23.3 Å². The van der Waals surface area contributed by atoms with Crippen LogP contribution in [0.25, 0.3) is 0 Å². The summed E-state index contributed by atoms with van der Waals surface area (Å²) in [5, 5.41) is 5.88. The number of fused-ring (bicyclic) bond motifs is 1. The third-order valence-electron chi connectivity index (χ3n) is 5.30. The highest BCUT2D eigenvalue weighted by atomic mass is 35.5. The summed E-state index contributed by atoms with van der Waals surface area (Å²) in [4.78, 5) is 19.8. The molecule has 1 unspecified atom stereocenters. The third kappa shape index (κ3) is 4.28. The van der Waals surface area contributed by atoms with Gasteiger partial charge in [0.2, 0.25) is 0 Å². The first-order chi connectivity index (χ1) is 13.5. The van der Waals surface area contributed by atoms with E-state index >= 15 is 0 Å². The van der Waals surface area contributed by atoms with E-state index in [1.54, 1.807) is 11.1 Å². The Balaban J connectivity index is 1.57. The first kappa shape index (κ1) is 19.5. The van der Waals surface area contributed by atoms with Crippen LogP contribution in [-0.2, 0) is 11.4 Å². The maximum absolute atomic E-state index is 12.2. The van der Waals surface area contributed by atoms with Gasteiger partial charge in [-0.25, -0.2) is 4.79 Å². The van der Waals surface area contributed by atoms with Crippen LogP contribution in [0.2, 0.25) is 10.0 Å². The van der Waals surface area contributed by atoms with Gasteiger partial charge in [0.1, 0.15) is 0 Å². The number of hydrogen-bond donors (Lipinski definition) is 1. The molecule has 0 saturated carbocycles. The Morgan fingerprint density at radius 1 is 1.18 bits per heavy atom. The molecule has 5 nitrogen and oxygen atoms in total. The minimum absolute atomic E-state index is 0.126. The average Bonchev–Trinajstić information content (AvgIpc) is 3.15. The normalized spacial score (nSPS) is 20.0. The van der Waals surface area contributed by atoms with Gasteiger partial charge in [0.05, 0.1) is 0 Å². The number of carbonyl (C=O) groups excluding carboxylic acids is 1. The Bertz CT molecular complexity index is 884. The number of likely N-dealkylation sites (N-methyl/N-ethyl adjacent to an activating group) is 1. The van der Waals surface area contributed by atoms with Crippen LogP contribution in [0.1, 0.15) is 35.4 Å². The Morgan fingerprint density at radius 2 is 1.96 bits per heavy atom. The highest BCUT2D eigenvalue weighted by Gasteiger charge is 2.27. The number of hydrogen-bond acceptors (Lipinski definition) is 4. The molecule has 2 aromatic rings. The number of amides is 1. The molecule has 4 rings (SSSR count). The lowest BCUT2D eigenvalue weighted by Crippen LogP contribution is -2.31. The van der Waals surface area contributed by atoms with Gasteiger partial charge in [-0.15, -0.1) is 5.06 Å². The topological polar surface area (TPSA) is 44.8 Å². The first-order valence-corrected chi connectivity index (χ1v) is 10.3. The van der Waals surface area contributed by atoms with Crippen molar-refractivity contribution in [1.29, 1.82) is 0 Å². The number of anilines is 1. The van der Waals surface area contributed by atoms with E-state index in [4.69, 9.17) is 28.0 Å².